The van der Waals surface area contributed by atoms with E-state index in [4.69, 9.17) is 4.74 Å². The van der Waals surface area contributed by atoms with Gasteiger partial charge in [0.2, 0.25) is 5.91 Å². The second-order valence-corrected chi connectivity index (χ2v) is 4.63. The van der Waals surface area contributed by atoms with Crippen molar-refractivity contribution < 1.29 is 9.53 Å². The first kappa shape index (κ1) is 12.9. The van der Waals surface area contributed by atoms with Crippen LogP contribution in [0.5, 0.6) is 5.75 Å². The second kappa shape index (κ2) is 6.43. The normalized spacial score (nSPS) is 14.8. The SMILES string of the molecule is CCOc1ccccc1CCC(=O)N1CCCC1. The molecule has 1 aliphatic heterocycles. The molecule has 0 N–H and O–H groups in total. The summed E-state index contributed by atoms with van der Waals surface area (Å²) in [5.41, 5.74) is 1.13. The molecule has 3 heteroatoms. The van der Waals surface area contributed by atoms with Gasteiger partial charge in [-0.15, -0.1) is 0 Å². The number of carbonyl (C=O) groups excluding carboxylic acids is 1. The van der Waals surface area contributed by atoms with Crippen molar-refractivity contribution in [3.8, 4) is 5.75 Å². The maximum Gasteiger partial charge on any atom is 0.222 e. The van der Waals surface area contributed by atoms with Crippen LogP contribution in [0.3, 0.4) is 0 Å². The Kier molecular flexibility index (Phi) is 4.62. The van der Waals surface area contributed by atoms with Crippen LogP contribution in [-0.4, -0.2) is 30.5 Å². The first-order valence-corrected chi connectivity index (χ1v) is 6.79. The Balaban J connectivity index is 1.90. The van der Waals surface area contributed by atoms with Crippen molar-refractivity contribution in [2.45, 2.75) is 32.6 Å². The van der Waals surface area contributed by atoms with E-state index < -0.39 is 0 Å². The molecule has 0 aromatic heterocycles. The van der Waals surface area contributed by atoms with E-state index in [1.807, 2.05) is 36.1 Å². The smallest absolute Gasteiger partial charge is 0.222 e. The molecule has 2 rings (SSSR count). The highest BCUT2D eigenvalue weighted by molar-refractivity contribution is 5.76. The number of aryl methyl sites for hydroxylation is 1. The van der Waals surface area contributed by atoms with Crippen LogP contribution < -0.4 is 4.74 Å². The van der Waals surface area contributed by atoms with E-state index in [9.17, 15) is 4.79 Å². The van der Waals surface area contributed by atoms with Gasteiger partial charge >= 0.3 is 0 Å². The molecular weight excluding hydrogens is 226 g/mol. The van der Waals surface area contributed by atoms with Crippen molar-refractivity contribution in [3.05, 3.63) is 29.8 Å². The summed E-state index contributed by atoms with van der Waals surface area (Å²) in [6, 6.07) is 7.98. The summed E-state index contributed by atoms with van der Waals surface area (Å²) in [5.74, 6) is 1.19. The predicted octanol–water partition coefficient (Wildman–Crippen LogP) is 2.64. The van der Waals surface area contributed by atoms with Gasteiger partial charge in [-0.05, 0) is 37.8 Å². The fourth-order valence-corrected chi connectivity index (χ4v) is 2.37. The Morgan fingerprint density at radius 2 is 2.00 bits per heavy atom. The van der Waals surface area contributed by atoms with E-state index in [-0.39, 0.29) is 5.91 Å². The zero-order valence-corrected chi connectivity index (χ0v) is 11.0. The van der Waals surface area contributed by atoms with Crippen molar-refractivity contribution in [3.63, 3.8) is 0 Å². The number of nitrogens with zero attached hydrogens (tertiary/aromatic N) is 1. The van der Waals surface area contributed by atoms with Crippen LogP contribution in [0, 0.1) is 0 Å². The van der Waals surface area contributed by atoms with Gasteiger partial charge in [0.1, 0.15) is 5.75 Å². The van der Waals surface area contributed by atoms with Crippen molar-refractivity contribution in [2.24, 2.45) is 0 Å². The van der Waals surface area contributed by atoms with Gasteiger partial charge in [0.25, 0.3) is 0 Å². The Hall–Kier alpha value is -1.51. The van der Waals surface area contributed by atoms with Gasteiger partial charge in [0.15, 0.2) is 0 Å². The van der Waals surface area contributed by atoms with Gasteiger partial charge in [-0.3, -0.25) is 4.79 Å². The van der Waals surface area contributed by atoms with Crippen LogP contribution in [0.2, 0.25) is 0 Å². The molecule has 0 aliphatic carbocycles. The monoisotopic (exact) mass is 247 g/mol. The molecule has 1 heterocycles. The third-order valence-electron chi connectivity index (χ3n) is 3.34. The molecule has 98 valence electrons. The Morgan fingerprint density at radius 3 is 2.72 bits per heavy atom. The number of ether oxygens (including phenoxy) is 1. The quantitative estimate of drug-likeness (QED) is 0.800. The van der Waals surface area contributed by atoms with E-state index in [1.54, 1.807) is 0 Å². The molecule has 0 bridgehead atoms. The number of amides is 1. The highest BCUT2D eigenvalue weighted by Crippen LogP contribution is 2.20. The van der Waals surface area contributed by atoms with Crippen LogP contribution in [-0.2, 0) is 11.2 Å². The molecule has 1 aromatic rings. The van der Waals surface area contributed by atoms with E-state index in [0.29, 0.717) is 13.0 Å². The third kappa shape index (κ3) is 3.25. The van der Waals surface area contributed by atoms with E-state index in [0.717, 1.165) is 43.7 Å². The third-order valence-corrected chi connectivity index (χ3v) is 3.34. The first-order valence-electron chi connectivity index (χ1n) is 6.79. The molecule has 0 spiro atoms. The molecule has 1 saturated heterocycles. The van der Waals surface area contributed by atoms with Crippen molar-refractivity contribution in [2.75, 3.05) is 19.7 Å². The molecule has 1 aliphatic rings. The fourth-order valence-electron chi connectivity index (χ4n) is 2.37. The molecule has 3 nitrogen and oxygen atoms in total. The predicted molar refractivity (Wildman–Crippen MR) is 71.7 cm³/mol. The lowest BCUT2D eigenvalue weighted by molar-refractivity contribution is -0.130. The van der Waals surface area contributed by atoms with Crippen molar-refractivity contribution in [1.82, 2.24) is 4.90 Å². The van der Waals surface area contributed by atoms with E-state index >= 15 is 0 Å². The molecule has 0 atom stereocenters. The summed E-state index contributed by atoms with van der Waals surface area (Å²) in [7, 11) is 0. The minimum atomic E-state index is 0.277. The maximum absolute atomic E-state index is 12.0. The van der Waals surface area contributed by atoms with Crippen molar-refractivity contribution >= 4 is 5.91 Å². The topological polar surface area (TPSA) is 29.5 Å². The van der Waals surface area contributed by atoms with Crippen LogP contribution in [0.25, 0.3) is 0 Å². The average molecular weight is 247 g/mol. The number of carbonyl (C=O) groups is 1. The van der Waals surface area contributed by atoms with Gasteiger partial charge in [-0.2, -0.15) is 0 Å². The molecule has 0 radical (unpaired) electrons. The van der Waals surface area contributed by atoms with Crippen molar-refractivity contribution in [1.29, 1.82) is 0 Å². The molecule has 1 aromatic carbocycles. The number of benzene rings is 1. The largest absolute Gasteiger partial charge is 0.494 e. The van der Waals surface area contributed by atoms with Crippen LogP contribution >= 0.6 is 0 Å². The zero-order chi connectivity index (χ0) is 12.8. The summed E-state index contributed by atoms with van der Waals surface area (Å²) in [4.78, 5) is 13.9. The lowest BCUT2D eigenvalue weighted by Crippen LogP contribution is -2.27. The van der Waals surface area contributed by atoms with Crippen LogP contribution in [0.15, 0.2) is 24.3 Å². The molecule has 0 unspecified atom stereocenters. The van der Waals surface area contributed by atoms with Gasteiger partial charge in [-0.1, -0.05) is 18.2 Å². The highest BCUT2D eigenvalue weighted by Gasteiger charge is 2.17. The maximum atomic E-state index is 12.0. The van der Waals surface area contributed by atoms with Gasteiger partial charge in [0.05, 0.1) is 6.61 Å². The number of likely N-dealkylation sites (tertiary alicyclic amines) is 1. The molecule has 0 saturated carbocycles. The summed E-state index contributed by atoms with van der Waals surface area (Å²) >= 11 is 0. The lowest BCUT2D eigenvalue weighted by atomic mass is 10.1. The first-order chi connectivity index (χ1) is 8.81. The summed E-state index contributed by atoms with van der Waals surface area (Å²) in [6.45, 7) is 4.52. The number of para-hydroxylation sites is 1. The van der Waals surface area contributed by atoms with Gasteiger partial charge in [-0.25, -0.2) is 0 Å². The molecule has 1 amide bonds. The van der Waals surface area contributed by atoms with E-state index in [1.165, 1.54) is 0 Å². The number of hydrogen-bond acceptors (Lipinski definition) is 2. The summed E-state index contributed by atoms with van der Waals surface area (Å²) in [6.07, 6.45) is 3.66. The zero-order valence-electron chi connectivity index (χ0n) is 11.0. The molecule has 1 fully saturated rings. The number of hydrogen-bond donors (Lipinski definition) is 0. The lowest BCUT2D eigenvalue weighted by Gasteiger charge is -2.15. The Bertz CT molecular complexity index is 397. The molecule has 18 heavy (non-hydrogen) atoms. The minimum absolute atomic E-state index is 0.277. The standard InChI is InChI=1S/C15H21NO2/c1-2-18-14-8-4-3-7-13(14)9-10-15(17)16-11-5-6-12-16/h3-4,7-8H,2,5-6,9-12H2,1H3. The fraction of sp³-hybridized carbons (Fsp3) is 0.533. The number of rotatable bonds is 5. The Labute approximate surface area is 109 Å². The molecular formula is C15H21NO2. The average Bonchev–Trinajstić information content (AvgIpc) is 2.92. The summed E-state index contributed by atoms with van der Waals surface area (Å²) < 4.78 is 5.57. The minimum Gasteiger partial charge on any atom is -0.494 e. The van der Waals surface area contributed by atoms with Crippen LogP contribution in [0.4, 0.5) is 0 Å². The highest BCUT2D eigenvalue weighted by atomic mass is 16.5. The van der Waals surface area contributed by atoms with Crippen LogP contribution in [0.1, 0.15) is 31.7 Å². The van der Waals surface area contributed by atoms with Gasteiger partial charge in [0, 0.05) is 19.5 Å². The second-order valence-electron chi connectivity index (χ2n) is 4.63. The van der Waals surface area contributed by atoms with Gasteiger partial charge < -0.3 is 9.64 Å². The summed E-state index contributed by atoms with van der Waals surface area (Å²) in [5, 5.41) is 0. The van der Waals surface area contributed by atoms with E-state index in [2.05, 4.69) is 0 Å². The Morgan fingerprint density at radius 1 is 1.28 bits per heavy atom.